The van der Waals surface area contributed by atoms with Gasteiger partial charge in [-0.25, -0.2) is 0 Å². The van der Waals surface area contributed by atoms with E-state index in [2.05, 4.69) is 17.1 Å². The van der Waals surface area contributed by atoms with Gasteiger partial charge in [0.15, 0.2) is 0 Å². The van der Waals surface area contributed by atoms with Crippen LogP contribution in [-0.4, -0.2) is 11.4 Å². The average Bonchev–Trinajstić information content (AvgIpc) is 2.11. The molecule has 1 aromatic carbocycles. The molecule has 1 aromatic rings. The molecule has 0 aliphatic carbocycles. The zero-order valence-electron chi connectivity index (χ0n) is 7.41. The Morgan fingerprint density at radius 3 is 3.15 bits per heavy atom. The quantitative estimate of drug-likeness (QED) is 0.313. The number of hydrogen-bond acceptors (Lipinski definition) is 2. The summed E-state index contributed by atoms with van der Waals surface area (Å²) in [6, 6.07) is 6.71. The van der Waals surface area contributed by atoms with Gasteiger partial charge in [-0.2, -0.15) is 0 Å². The molecule has 0 heterocycles. The van der Waals surface area contributed by atoms with Crippen molar-refractivity contribution in [3.05, 3.63) is 34.9 Å². The average molecular weight is 172 g/mol. The van der Waals surface area contributed by atoms with Crippen LogP contribution in [-0.2, 0) is 6.42 Å². The maximum atomic E-state index is 8.44. The summed E-state index contributed by atoms with van der Waals surface area (Å²) in [5.41, 5.74) is 2.77. The molecule has 0 saturated carbocycles. The molecule has 0 aliphatic heterocycles. The predicted octanol–water partition coefficient (Wildman–Crippen LogP) is 1.78. The van der Waals surface area contributed by atoms with Crippen molar-refractivity contribution in [1.29, 1.82) is 0 Å². The lowest BCUT2D eigenvalue weighted by Crippen LogP contribution is -1.95. The summed E-state index contributed by atoms with van der Waals surface area (Å²) in [5, 5.41) is 11.4. The van der Waals surface area contributed by atoms with E-state index in [0.717, 1.165) is 16.7 Å². The lowest BCUT2D eigenvalue weighted by molar-refractivity contribution is 0.322. The number of rotatable bonds is 2. The van der Waals surface area contributed by atoms with Crippen molar-refractivity contribution in [2.24, 2.45) is 5.16 Å². The number of oxime groups is 1. The highest BCUT2D eigenvalue weighted by molar-refractivity contribution is 5.83. The molecule has 2 nitrogen and oxygen atoms in total. The molecule has 13 heavy (non-hydrogen) atoms. The second kappa shape index (κ2) is 4.32. The largest absolute Gasteiger partial charge is 0.411 e. The Balaban J connectivity index is 3.18. The summed E-state index contributed by atoms with van der Waals surface area (Å²) >= 11 is 0. The Hall–Kier alpha value is -1.75. The van der Waals surface area contributed by atoms with E-state index in [-0.39, 0.29) is 0 Å². The van der Waals surface area contributed by atoms with Crippen molar-refractivity contribution < 1.29 is 5.21 Å². The van der Waals surface area contributed by atoms with Gasteiger partial charge in [-0.1, -0.05) is 17.3 Å². The highest BCUT2D eigenvalue weighted by Crippen LogP contribution is 2.11. The van der Waals surface area contributed by atoms with E-state index >= 15 is 0 Å². The van der Waals surface area contributed by atoms with Crippen LogP contribution < -0.4 is 0 Å². The van der Waals surface area contributed by atoms with Gasteiger partial charge in [0, 0.05) is 12.0 Å². The first-order chi connectivity index (χ1) is 6.29. The van der Waals surface area contributed by atoms with Crippen molar-refractivity contribution in [3.63, 3.8) is 0 Å². The second-order valence-corrected chi connectivity index (χ2v) is 2.67. The van der Waals surface area contributed by atoms with E-state index in [4.69, 9.17) is 11.6 Å². The van der Waals surface area contributed by atoms with E-state index in [1.165, 1.54) is 6.21 Å². The first kappa shape index (κ1) is 9.34. The van der Waals surface area contributed by atoms with Crippen LogP contribution in [0.2, 0.25) is 0 Å². The SMILES string of the molecule is C#CCc1cc[c]c(C)c1/C=N\O. The van der Waals surface area contributed by atoms with Crippen LogP contribution in [0.15, 0.2) is 17.3 Å². The molecule has 0 aromatic heterocycles. The van der Waals surface area contributed by atoms with Gasteiger partial charge in [0.2, 0.25) is 0 Å². The van der Waals surface area contributed by atoms with E-state index in [9.17, 15) is 0 Å². The lowest BCUT2D eigenvalue weighted by Gasteiger charge is -2.03. The third kappa shape index (κ3) is 2.09. The number of terminal acetylenes is 1. The van der Waals surface area contributed by atoms with E-state index in [1.807, 2.05) is 19.1 Å². The standard InChI is InChI=1S/C11H10NO/c1-3-5-10-7-4-6-9(2)11(10)8-12-13/h1,4,7-8,13H,5H2,2H3/b12-8-. The Morgan fingerprint density at radius 1 is 1.77 bits per heavy atom. The molecule has 0 spiro atoms. The van der Waals surface area contributed by atoms with Gasteiger partial charge >= 0.3 is 0 Å². The fraction of sp³-hybridized carbons (Fsp3) is 0.182. The van der Waals surface area contributed by atoms with Crippen molar-refractivity contribution in [2.45, 2.75) is 13.3 Å². The van der Waals surface area contributed by atoms with Gasteiger partial charge in [-0.3, -0.25) is 0 Å². The lowest BCUT2D eigenvalue weighted by atomic mass is 10.0. The number of nitrogens with zero attached hydrogens (tertiary/aromatic N) is 1. The van der Waals surface area contributed by atoms with Crippen LogP contribution in [0.25, 0.3) is 0 Å². The third-order valence-electron chi connectivity index (χ3n) is 1.81. The number of aryl methyl sites for hydroxylation is 1. The number of benzene rings is 1. The maximum absolute atomic E-state index is 8.44. The van der Waals surface area contributed by atoms with Crippen LogP contribution in [0, 0.1) is 25.3 Å². The minimum absolute atomic E-state index is 0.539. The molecular formula is C11H10NO. The molecule has 0 fully saturated rings. The van der Waals surface area contributed by atoms with Gasteiger partial charge in [0.25, 0.3) is 0 Å². The fourth-order valence-electron chi connectivity index (χ4n) is 1.18. The minimum Gasteiger partial charge on any atom is -0.411 e. The molecule has 0 amide bonds. The topological polar surface area (TPSA) is 32.6 Å². The van der Waals surface area contributed by atoms with Crippen LogP contribution in [0.1, 0.15) is 16.7 Å². The minimum atomic E-state index is 0.539. The third-order valence-corrected chi connectivity index (χ3v) is 1.81. The summed E-state index contributed by atoms with van der Waals surface area (Å²) in [6.07, 6.45) is 7.13. The highest BCUT2D eigenvalue weighted by atomic mass is 16.4. The Kier molecular flexibility index (Phi) is 3.10. The first-order valence-electron chi connectivity index (χ1n) is 3.90. The van der Waals surface area contributed by atoms with Gasteiger partial charge < -0.3 is 5.21 Å². The fourth-order valence-corrected chi connectivity index (χ4v) is 1.18. The van der Waals surface area contributed by atoms with Crippen molar-refractivity contribution >= 4 is 6.21 Å². The van der Waals surface area contributed by atoms with Crippen LogP contribution in [0.5, 0.6) is 0 Å². The summed E-state index contributed by atoms with van der Waals surface area (Å²) in [6.45, 7) is 1.90. The molecule has 1 radical (unpaired) electrons. The highest BCUT2D eigenvalue weighted by Gasteiger charge is 2.01. The summed E-state index contributed by atoms with van der Waals surface area (Å²) in [4.78, 5) is 0. The molecule has 1 N–H and O–H groups in total. The maximum Gasteiger partial charge on any atom is 0.0739 e. The van der Waals surface area contributed by atoms with E-state index in [1.54, 1.807) is 0 Å². The van der Waals surface area contributed by atoms with Crippen molar-refractivity contribution in [2.75, 3.05) is 0 Å². The molecule has 0 saturated heterocycles. The molecule has 1 rings (SSSR count). The van der Waals surface area contributed by atoms with Gasteiger partial charge in [-0.05, 0) is 24.1 Å². The van der Waals surface area contributed by atoms with Crippen molar-refractivity contribution in [3.8, 4) is 12.3 Å². The Bertz CT molecular complexity index is 361. The van der Waals surface area contributed by atoms with Gasteiger partial charge in [0.05, 0.1) is 6.21 Å². The van der Waals surface area contributed by atoms with Crippen LogP contribution in [0.4, 0.5) is 0 Å². The van der Waals surface area contributed by atoms with Gasteiger partial charge in [0.1, 0.15) is 0 Å². The van der Waals surface area contributed by atoms with Crippen molar-refractivity contribution in [1.82, 2.24) is 0 Å². The molecule has 0 aliphatic rings. The zero-order chi connectivity index (χ0) is 9.68. The van der Waals surface area contributed by atoms with Gasteiger partial charge in [-0.15, -0.1) is 12.3 Å². The summed E-state index contributed by atoms with van der Waals surface area (Å²) < 4.78 is 0. The van der Waals surface area contributed by atoms with Crippen LogP contribution >= 0.6 is 0 Å². The molecule has 0 unspecified atom stereocenters. The molecule has 2 heteroatoms. The van der Waals surface area contributed by atoms with Crippen LogP contribution in [0.3, 0.4) is 0 Å². The summed E-state index contributed by atoms with van der Waals surface area (Å²) in [5.74, 6) is 2.55. The number of hydrogen-bond donors (Lipinski definition) is 1. The first-order valence-corrected chi connectivity index (χ1v) is 3.90. The van der Waals surface area contributed by atoms with E-state index in [0.29, 0.717) is 6.42 Å². The zero-order valence-corrected chi connectivity index (χ0v) is 7.41. The normalized spacial score (nSPS) is 10.2. The predicted molar refractivity (Wildman–Crippen MR) is 51.9 cm³/mol. The summed E-state index contributed by atoms with van der Waals surface area (Å²) in [7, 11) is 0. The second-order valence-electron chi connectivity index (χ2n) is 2.67. The molecular weight excluding hydrogens is 162 g/mol. The molecule has 0 atom stereocenters. The Morgan fingerprint density at radius 2 is 2.54 bits per heavy atom. The van der Waals surface area contributed by atoms with E-state index < -0.39 is 0 Å². The Labute approximate surface area is 77.9 Å². The molecule has 0 bridgehead atoms. The molecule has 65 valence electrons. The monoisotopic (exact) mass is 172 g/mol. The smallest absolute Gasteiger partial charge is 0.0739 e.